The second-order valence-electron chi connectivity index (χ2n) is 5.05. The molecule has 0 radical (unpaired) electrons. The second-order valence-corrected chi connectivity index (χ2v) is 5.05. The largest absolute Gasteiger partial charge is 0.330 e. The second kappa shape index (κ2) is 7.94. The van der Waals surface area contributed by atoms with Crippen LogP contribution in [0.5, 0.6) is 0 Å². The standard InChI is InChI=1S/C14H25N3O2/c1-4-5-6-7-12(2)15-9-11-17-13(18)8-10-16(3)14(17)19/h8,10,12,15H,4-7,9,11H2,1-3H3. The third-order valence-corrected chi connectivity index (χ3v) is 3.31. The quantitative estimate of drug-likeness (QED) is 0.718. The lowest BCUT2D eigenvalue weighted by atomic mass is 10.1. The molecule has 0 aliphatic rings. The van der Waals surface area contributed by atoms with Gasteiger partial charge in [0.25, 0.3) is 5.56 Å². The molecule has 0 spiro atoms. The van der Waals surface area contributed by atoms with Gasteiger partial charge in [0.1, 0.15) is 0 Å². The van der Waals surface area contributed by atoms with Crippen molar-refractivity contribution in [3.8, 4) is 0 Å². The highest BCUT2D eigenvalue weighted by Crippen LogP contribution is 2.02. The number of nitrogens with zero attached hydrogens (tertiary/aromatic N) is 2. The fraction of sp³-hybridized carbons (Fsp3) is 0.714. The first-order valence-corrected chi connectivity index (χ1v) is 7.06. The first-order chi connectivity index (χ1) is 9.06. The van der Waals surface area contributed by atoms with E-state index in [2.05, 4.69) is 19.2 Å². The molecule has 1 rings (SSSR count). The van der Waals surface area contributed by atoms with Crippen LogP contribution in [0.2, 0.25) is 0 Å². The molecule has 5 heteroatoms. The predicted molar refractivity (Wildman–Crippen MR) is 77.5 cm³/mol. The number of aromatic nitrogens is 2. The molecular weight excluding hydrogens is 242 g/mol. The van der Waals surface area contributed by atoms with Gasteiger partial charge in [-0.1, -0.05) is 26.2 Å². The molecule has 19 heavy (non-hydrogen) atoms. The van der Waals surface area contributed by atoms with Crippen LogP contribution in [0.1, 0.15) is 39.5 Å². The van der Waals surface area contributed by atoms with E-state index in [1.165, 1.54) is 40.7 Å². The van der Waals surface area contributed by atoms with Crippen molar-refractivity contribution in [3.63, 3.8) is 0 Å². The van der Waals surface area contributed by atoms with Crippen LogP contribution in [0.3, 0.4) is 0 Å². The van der Waals surface area contributed by atoms with E-state index in [0.717, 1.165) is 6.42 Å². The van der Waals surface area contributed by atoms with Gasteiger partial charge < -0.3 is 9.88 Å². The summed E-state index contributed by atoms with van der Waals surface area (Å²) in [5.74, 6) is 0. The van der Waals surface area contributed by atoms with E-state index in [0.29, 0.717) is 19.1 Å². The number of rotatable bonds is 8. The normalized spacial score (nSPS) is 12.6. The molecule has 1 aromatic rings. The molecule has 0 fully saturated rings. The van der Waals surface area contributed by atoms with Crippen molar-refractivity contribution in [2.45, 2.75) is 52.1 Å². The zero-order chi connectivity index (χ0) is 14.3. The maximum atomic E-state index is 11.8. The maximum Gasteiger partial charge on any atom is 0.330 e. The molecule has 5 nitrogen and oxygen atoms in total. The van der Waals surface area contributed by atoms with Crippen LogP contribution in [0, 0.1) is 0 Å². The van der Waals surface area contributed by atoms with E-state index in [-0.39, 0.29) is 11.2 Å². The highest BCUT2D eigenvalue weighted by molar-refractivity contribution is 4.85. The summed E-state index contributed by atoms with van der Waals surface area (Å²) in [7, 11) is 1.65. The zero-order valence-electron chi connectivity index (χ0n) is 12.2. The van der Waals surface area contributed by atoms with Crippen LogP contribution in [-0.4, -0.2) is 21.7 Å². The molecule has 108 valence electrons. The summed E-state index contributed by atoms with van der Waals surface area (Å²) in [6.45, 7) is 5.40. The fourth-order valence-electron chi connectivity index (χ4n) is 2.05. The van der Waals surface area contributed by atoms with Crippen molar-refractivity contribution in [3.05, 3.63) is 33.1 Å². The molecular formula is C14H25N3O2. The summed E-state index contributed by atoms with van der Waals surface area (Å²) in [6.07, 6.45) is 6.34. The summed E-state index contributed by atoms with van der Waals surface area (Å²) in [4.78, 5) is 23.4. The highest BCUT2D eigenvalue weighted by atomic mass is 16.2. The van der Waals surface area contributed by atoms with Crippen molar-refractivity contribution in [1.82, 2.24) is 14.5 Å². The molecule has 0 aliphatic heterocycles. The summed E-state index contributed by atoms with van der Waals surface area (Å²) in [6, 6.07) is 1.85. The minimum Gasteiger partial charge on any atom is -0.312 e. The number of unbranched alkanes of at least 4 members (excludes halogenated alkanes) is 2. The van der Waals surface area contributed by atoms with Gasteiger partial charge in [0.05, 0.1) is 0 Å². The first-order valence-electron chi connectivity index (χ1n) is 7.06. The lowest BCUT2D eigenvalue weighted by Crippen LogP contribution is -2.41. The topological polar surface area (TPSA) is 56.0 Å². The lowest BCUT2D eigenvalue weighted by Gasteiger charge is -2.14. The Morgan fingerprint density at radius 1 is 1.32 bits per heavy atom. The van der Waals surface area contributed by atoms with Crippen molar-refractivity contribution in [1.29, 1.82) is 0 Å². The van der Waals surface area contributed by atoms with Gasteiger partial charge in [-0.15, -0.1) is 0 Å². The smallest absolute Gasteiger partial charge is 0.312 e. The molecule has 1 unspecified atom stereocenters. The molecule has 1 heterocycles. The summed E-state index contributed by atoms with van der Waals surface area (Å²) in [5, 5.41) is 3.36. The Bertz CT molecular complexity index is 490. The third kappa shape index (κ3) is 5.03. The fourth-order valence-corrected chi connectivity index (χ4v) is 2.05. The van der Waals surface area contributed by atoms with Gasteiger partial charge in [0.15, 0.2) is 0 Å². The van der Waals surface area contributed by atoms with Crippen molar-refractivity contribution >= 4 is 0 Å². The molecule has 0 amide bonds. The van der Waals surface area contributed by atoms with Crippen molar-refractivity contribution in [2.24, 2.45) is 7.05 Å². The zero-order valence-corrected chi connectivity index (χ0v) is 12.2. The first kappa shape index (κ1) is 15.7. The Morgan fingerprint density at radius 3 is 2.74 bits per heavy atom. The van der Waals surface area contributed by atoms with Gasteiger partial charge in [-0.25, -0.2) is 4.79 Å². The van der Waals surface area contributed by atoms with Crippen LogP contribution in [0.25, 0.3) is 0 Å². The van der Waals surface area contributed by atoms with Gasteiger partial charge in [-0.3, -0.25) is 9.36 Å². The van der Waals surface area contributed by atoms with E-state index in [1.54, 1.807) is 7.05 Å². The summed E-state index contributed by atoms with van der Waals surface area (Å²) in [5.41, 5.74) is -0.489. The lowest BCUT2D eigenvalue weighted by molar-refractivity contribution is 0.459. The average molecular weight is 267 g/mol. The van der Waals surface area contributed by atoms with Gasteiger partial charge >= 0.3 is 5.69 Å². The van der Waals surface area contributed by atoms with Gasteiger partial charge in [-0.05, 0) is 13.3 Å². The van der Waals surface area contributed by atoms with Crippen LogP contribution in [0.4, 0.5) is 0 Å². The maximum absolute atomic E-state index is 11.8. The molecule has 0 saturated carbocycles. The molecule has 1 N–H and O–H groups in total. The number of aryl methyl sites for hydroxylation is 1. The average Bonchev–Trinajstić information content (AvgIpc) is 2.38. The van der Waals surface area contributed by atoms with E-state index < -0.39 is 0 Å². The van der Waals surface area contributed by atoms with E-state index in [9.17, 15) is 9.59 Å². The number of hydrogen-bond acceptors (Lipinski definition) is 3. The van der Waals surface area contributed by atoms with Gasteiger partial charge in [0.2, 0.25) is 0 Å². The van der Waals surface area contributed by atoms with E-state index in [4.69, 9.17) is 0 Å². The Hall–Kier alpha value is -1.36. The molecule has 1 aromatic heterocycles. The van der Waals surface area contributed by atoms with E-state index >= 15 is 0 Å². The molecule has 1 atom stereocenters. The highest BCUT2D eigenvalue weighted by Gasteiger charge is 2.04. The summed E-state index contributed by atoms with van der Waals surface area (Å²) < 4.78 is 2.69. The summed E-state index contributed by atoms with van der Waals surface area (Å²) >= 11 is 0. The van der Waals surface area contributed by atoms with Crippen LogP contribution in [0.15, 0.2) is 21.9 Å². The molecule has 0 aromatic carbocycles. The van der Waals surface area contributed by atoms with Crippen molar-refractivity contribution in [2.75, 3.05) is 6.54 Å². The molecule has 0 aliphatic carbocycles. The number of nitrogens with one attached hydrogen (secondary N) is 1. The Balaban J connectivity index is 2.43. The SMILES string of the molecule is CCCCCC(C)NCCn1c(=O)ccn(C)c1=O. The van der Waals surface area contributed by atoms with E-state index in [1.807, 2.05) is 0 Å². The predicted octanol–water partition coefficient (Wildman–Crippen LogP) is 1.11. The number of hydrogen-bond donors (Lipinski definition) is 1. The van der Waals surface area contributed by atoms with Crippen LogP contribution < -0.4 is 16.6 Å². The third-order valence-electron chi connectivity index (χ3n) is 3.31. The Morgan fingerprint density at radius 2 is 2.05 bits per heavy atom. The Kier molecular flexibility index (Phi) is 6.56. The Labute approximate surface area is 114 Å². The molecule has 0 bridgehead atoms. The van der Waals surface area contributed by atoms with Crippen molar-refractivity contribution < 1.29 is 0 Å². The van der Waals surface area contributed by atoms with Crippen LogP contribution in [-0.2, 0) is 13.6 Å². The molecule has 0 saturated heterocycles. The minimum absolute atomic E-state index is 0.233. The monoisotopic (exact) mass is 267 g/mol. The van der Waals surface area contributed by atoms with Gasteiger partial charge in [0, 0.05) is 38.4 Å². The van der Waals surface area contributed by atoms with Gasteiger partial charge in [-0.2, -0.15) is 0 Å². The van der Waals surface area contributed by atoms with Crippen LogP contribution >= 0.6 is 0 Å². The minimum atomic E-state index is -0.257.